The maximum Gasteiger partial charge on any atom is 0.258 e. The zero-order valence-electron chi connectivity index (χ0n) is 25.3. The lowest BCUT2D eigenvalue weighted by Crippen LogP contribution is -2.62. The van der Waals surface area contributed by atoms with E-state index in [0.717, 1.165) is 25.7 Å². The van der Waals surface area contributed by atoms with E-state index in [0.29, 0.717) is 18.1 Å². The fourth-order valence-electron chi connectivity index (χ4n) is 6.11. The number of aliphatic hydroxyl groups excluding tert-OH is 1. The number of carbonyl (C=O) groups excluding carboxylic acids is 5. The lowest BCUT2D eigenvalue weighted by atomic mass is 9.64. The Morgan fingerprint density at radius 2 is 1.74 bits per heavy atom. The van der Waals surface area contributed by atoms with Crippen molar-refractivity contribution in [1.29, 1.82) is 0 Å². The minimum Gasteiger partial charge on any atom is -0.484 e. The second-order valence-corrected chi connectivity index (χ2v) is 12.6. The van der Waals surface area contributed by atoms with Gasteiger partial charge in [0.1, 0.15) is 16.9 Å². The number of hydrogen-bond donors (Lipinski definition) is 4. The molecule has 0 spiro atoms. The summed E-state index contributed by atoms with van der Waals surface area (Å²) in [5, 5.41) is 15.7. The Balaban J connectivity index is 1.64. The summed E-state index contributed by atoms with van der Waals surface area (Å²) in [4.78, 5) is 65.8. The third-order valence-electron chi connectivity index (χ3n) is 9.20. The first kappa shape index (κ1) is 33.4. The molecule has 0 saturated heterocycles. The van der Waals surface area contributed by atoms with Gasteiger partial charge in [-0.1, -0.05) is 71.1 Å². The molecule has 0 aromatic heterocycles. The predicted molar refractivity (Wildman–Crippen MR) is 157 cm³/mol. The van der Waals surface area contributed by atoms with Gasteiger partial charge in [0.25, 0.3) is 5.91 Å². The Morgan fingerprint density at radius 3 is 2.36 bits per heavy atom. The molecule has 0 heterocycles. The largest absolute Gasteiger partial charge is 0.484 e. The summed E-state index contributed by atoms with van der Waals surface area (Å²) in [5.74, 6) is -4.20. The maximum atomic E-state index is 13.6. The van der Waals surface area contributed by atoms with Gasteiger partial charge in [-0.15, -0.1) is 0 Å². The fraction of sp³-hybridized carbons (Fsp3) is 0.656. The number of ether oxygens (including phenoxy) is 1. The summed E-state index contributed by atoms with van der Waals surface area (Å²) >= 11 is 0. The van der Waals surface area contributed by atoms with Crippen molar-refractivity contribution < 1.29 is 33.8 Å². The number of carbonyl (C=O) groups is 5. The quantitative estimate of drug-likeness (QED) is 0.272. The van der Waals surface area contributed by atoms with Crippen molar-refractivity contribution in [1.82, 2.24) is 10.6 Å². The van der Waals surface area contributed by atoms with Crippen LogP contribution in [0.5, 0.6) is 5.75 Å². The molecule has 10 nitrogen and oxygen atoms in total. The second-order valence-electron chi connectivity index (χ2n) is 12.6. The van der Waals surface area contributed by atoms with Gasteiger partial charge in [0.05, 0.1) is 12.1 Å². The first-order chi connectivity index (χ1) is 19.8. The highest BCUT2D eigenvalue weighted by atomic mass is 16.5. The van der Waals surface area contributed by atoms with Gasteiger partial charge < -0.3 is 20.9 Å². The zero-order chi connectivity index (χ0) is 31.0. The lowest BCUT2D eigenvalue weighted by Gasteiger charge is -2.39. The number of nitrogens with one attached hydrogen (secondary N) is 2. The average molecular weight is 586 g/mol. The van der Waals surface area contributed by atoms with E-state index in [1.54, 1.807) is 30.3 Å². The molecule has 0 radical (unpaired) electrons. The van der Waals surface area contributed by atoms with Crippen LogP contribution in [0.3, 0.4) is 0 Å². The van der Waals surface area contributed by atoms with Crippen LogP contribution in [0, 0.1) is 29.1 Å². The molecule has 10 heteroatoms. The number of amides is 3. The first-order valence-corrected chi connectivity index (χ1v) is 15.2. The van der Waals surface area contributed by atoms with Gasteiger partial charge in [0.15, 0.2) is 12.4 Å². The minimum absolute atomic E-state index is 0.0733. The highest BCUT2D eigenvalue weighted by Crippen LogP contribution is 2.37. The van der Waals surface area contributed by atoms with E-state index in [1.807, 2.05) is 13.8 Å². The van der Waals surface area contributed by atoms with Crippen LogP contribution >= 0.6 is 0 Å². The smallest absolute Gasteiger partial charge is 0.258 e. The van der Waals surface area contributed by atoms with Gasteiger partial charge in [0.2, 0.25) is 11.8 Å². The Morgan fingerprint density at radius 1 is 1.10 bits per heavy atom. The predicted octanol–water partition coefficient (Wildman–Crippen LogP) is 2.70. The van der Waals surface area contributed by atoms with Crippen LogP contribution in [-0.4, -0.2) is 59.2 Å². The van der Waals surface area contributed by atoms with Crippen molar-refractivity contribution in [3.8, 4) is 5.75 Å². The molecule has 2 saturated carbocycles. The van der Waals surface area contributed by atoms with Crippen LogP contribution in [0.4, 0.5) is 0 Å². The van der Waals surface area contributed by atoms with Crippen LogP contribution in [0.2, 0.25) is 0 Å². The molecule has 2 aliphatic rings. The summed E-state index contributed by atoms with van der Waals surface area (Å²) in [6.07, 6.45) is 5.31. The van der Waals surface area contributed by atoms with Crippen LogP contribution in [0.15, 0.2) is 30.3 Å². The van der Waals surface area contributed by atoms with E-state index in [1.165, 1.54) is 20.3 Å². The molecule has 2 aliphatic carbocycles. The molecule has 42 heavy (non-hydrogen) atoms. The molecular weight excluding hydrogens is 538 g/mol. The molecular formula is C32H47N3O7. The van der Waals surface area contributed by atoms with Gasteiger partial charge in [-0.05, 0) is 43.7 Å². The highest BCUT2D eigenvalue weighted by molar-refractivity contribution is 6.18. The van der Waals surface area contributed by atoms with Gasteiger partial charge in [-0.25, -0.2) is 0 Å². The van der Waals surface area contributed by atoms with Crippen molar-refractivity contribution in [3.05, 3.63) is 30.3 Å². The Kier molecular flexibility index (Phi) is 11.8. The molecule has 0 aliphatic heterocycles. The van der Waals surface area contributed by atoms with E-state index in [-0.39, 0.29) is 31.1 Å². The number of imide groups is 1. The fourth-order valence-corrected chi connectivity index (χ4v) is 6.11. The van der Waals surface area contributed by atoms with E-state index in [4.69, 9.17) is 10.5 Å². The molecule has 1 aromatic rings. The molecule has 1 aromatic carbocycles. The van der Waals surface area contributed by atoms with Crippen molar-refractivity contribution in [3.63, 3.8) is 0 Å². The Bertz CT molecular complexity index is 1120. The van der Waals surface area contributed by atoms with Crippen LogP contribution in [0.25, 0.3) is 0 Å². The lowest BCUT2D eigenvalue weighted by molar-refractivity contribution is -0.157. The topological polar surface area (TPSA) is 165 Å². The maximum absolute atomic E-state index is 13.6. The third kappa shape index (κ3) is 8.25. The number of nitrogens with two attached hydrogens (primary N) is 1. The first-order valence-electron chi connectivity index (χ1n) is 15.2. The van der Waals surface area contributed by atoms with Crippen LogP contribution in [-0.2, 0) is 24.0 Å². The highest BCUT2D eigenvalue weighted by Gasteiger charge is 2.55. The molecule has 6 atom stereocenters. The van der Waals surface area contributed by atoms with Gasteiger partial charge in [-0.3, -0.25) is 29.3 Å². The standard InChI is InChI=1S/C32H47N3O7/c1-19(2)23(16-27(37)24(33)15-21-11-7-5-8-12-21)30(40)35-31(41)32(4)20(3)26(36)17-25(29(32)39)34-28(38)18-42-22-13-9-6-10-14-22/h6,9-10,13-14,19-21,23-25,27,37H,5,7-8,11-12,15-18,33H2,1-4H3,(H,34,38)(H,35,40,41)/t20?,23?,24-,25-,27-,32-/m0/s1. The van der Waals surface area contributed by atoms with E-state index in [9.17, 15) is 29.1 Å². The van der Waals surface area contributed by atoms with Gasteiger partial charge in [-0.2, -0.15) is 0 Å². The summed E-state index contributed by atoms with van der Waals surface area (Å²) < 4.78 is 5.42. The molecule has 2 unspecified atom stereocenters. The second kappa shape index (κ2) is 14.9. The van der Waals surface area contributed by atoms with Crippen LogP contribution in [0.1, 0.15) is 79.1 Å². The summed E-state index contributed by atoms with van der Waals surface area (Å²) in [7, 11) is 0. The van der Waals surface area contributed by atoms with Gasteiger partial charge >= 0.3 is 0 Å². The van der Waals surface area contributed by atoms with E-state index >= 15 is 0 Å². The zero-order valence-corrected chi connectivity index (χ0v) is 25.3. The summed E-state index contributed by atoms with van der Waals surface area (Å²) in [6.45, 7) is 6.07. The van der Waals surface area contributed by atoms with Crippen LogP contribution < -0.4 is 21.1 Å². The van der Waals surface area contributed by atoms with E-state index in [2.05, 4.69) is 10.6 Å². The number of benzene rings is 1. The Hall–Kier alpha value is -3.11. The van der Waals surface area contributed by atoms with Crippen molar-refractivity contribution in [2.75, 3.05) is 6.61 Å². The van der Waals surface area contributed by atoms with Crippen molar-refractivity contribution >= 4 is 29.3 Å². The average Bonchev–Trinajstić information content (AvgIpc) is 2.97. The molecule has 5 N–H and O–H groups in total. The molecule has 3 rings (SSSR count). The SMILES string of the molecule is CC(C)C(C[C@H](O)[C@@H](N)CC1CCCCC1)C(=O)NC(=O)[C@]1(C)C(=O)[C@@H](NC(=O)COc2ccccc2)CC(=O)C1C. The normalized spacial score (nSPS) is 25.4. The molecule has 2 fully saturated rings. The number of hydrogen-bond acceptors (Lipinski definition) is 8. The summed E-state index contributed by atoms with van der Waals surface area (Å²) in [6, 6.07) is 6.94. The number of para-hydroxylation sites is 1. The molecule has 3 amide bonds. The number of Topliss-reactive ketones (excluding diaryl/α,β-unsaturated/α-hetero) is 2. The number of rotatable bonds is 12. The number of aliphatic hydroxyl groups is 1. The molecule has 0 bridgehead atoms. The number of ketones is 2. The van der Waals surface area contributed by atoms with Crippen molar-refractivity contribution in [2.45, 2.75) is 97.2 Å². The summed E-state index contributed by atoms with van der Waals surface area (Å²) in [5.41, 5.74) is 4.45. The third-order valence-corrected chi connectivity index (χ3v) is 9.20. The minimum atomic E-state index is -1.87. The molecule has 232 valence electrons. The van der Waals surface area contributed by atoms with E-state index < -0.39 is 58.9 Å². The van der Waals surface area contributed by atoms with Crippen molar-refractivity contribution in [2.24, 2.45) is 34.8 Å². The Labute approximate surface area is 248 Å². The van der Waals surface area contributed by atoms with Gasteiger partial charge in [0, 0.05) is 24.3 Å². The monoisotopic (exact) mass is 585 g/mol.